The number of hydrogen-bond donors (Lipinski definition) is 1. The lowest BCUT2D eigenvalue weighted by Crippen LogP contribution is -2.51. The maximum absolute atomic E-state index is 12.6. The molecule has 11 heteroatoms. The number of anilines is 1. The average Bonchev–Trinajstić information content (AvgIpc) is 3.28. The van der Waals surface area contributed by atoms with Gasteiger partial charge in [-0.2, -0.15) is 5.10 Å². The van der Waals surface area contributed by atoms with Gasteiger partial charge in [-0.05, 0) is 12.8 Å². The third kappa shape index (κ3) is 4.11. The second-order valence-corrected chi connectivity index (χ2v) is 6.57. The van der Waals surface area contributed by atoms with Crippen LogP contribution >= 0.6 is 24.8 Å². The minimum Gasteiger partial charge on any atom is -0.364 e. The highest BCUT2D eigenvalue weighted by Gasteiger charge is 2.34. The molecule has 2 aromatic rings. The quantitative estimate of drug-likeness (QED) is 0.768. The van der Waals surface area contributed by atoms with Crippen molar-refractivity contribution >= 4 is 47.6 Å². The van der Waals surface area contributed by atoms with E-state index < -0.39 is 0 Å². The molecule has 2 saturated heterocycles. The Hall–Kier alpha value is -1.68. The molecule has 2 aromatic heterocycles. The molecule has 2 N–H and O–H groups in total. The van der Waals surface area contributed by atoms with Crippen LogP contribution in [0.15, 0.2) is 12.5 Å². The third-order valence-corrected chi connectivity index (χ3v) is 5.05. The van der Waals surface area contributed by atoms with Gasteiger partial charge in [0.25, 0.3) is 5.91 Å². The summed E-state index contributed by atoms with van der Waals surface area (Å²) in [6, 6.07) is 0. The zero-order chi connectivity index (χ0) is 17.4. The number of nitrogens with zero attached hydrogens (tertiary/aromatic N) is 6. The Bertz CT molecular complexity index is 779. The topological polar surface area (TPSA) is 102 Å². The summed E-state index contributed by atoms with van der Waals surface area (Å²) in [6.45, 7) is 3.28. The number of amides is 1. The first-order chi connectivity index (χ1) is 12.2. The van der Waals surface area contributed by atoms with Crippen molar-refractivity contribution in [3.8, 4) is 0 Å². The zero-order valence-electron chi connectivity index (χ0n) is 15.2. The number of carbonyl (C=O) groups excluding carboxylic acids is 1. The number of hydrogen-bond acceptors (Lipinski definition) is 7. The summed E-state index contributed by atoms with van der Waals surface area (Å²) in [7, 11) is 1.87. The fraction of sp³-hybridized carbons (Fsp3) is 0.625. The monoisotopic (exact) mass is 417 g/mol. The molecule has 0 aliphatic carbocycles. The number of carbonyl (C=O) groups is 1. The van der Waals surface area contributed by atoms with Crippen molar-refractivity contribution in [2.45, 2.75) is 25.0 Å². The van der Waals surface area contributed by atoms with Crippen LogP contribution in [0.2, 0.25) is 0 Å². The van der Waals surface area contributed by atoms with Gasteiger partial charge in [-0.15, -0.1) is 24.8 Å². The van der Waals surface area contributed by atoms with Crippen LogP contribution in [0.25, 0.3) is 11.0 Å². The molecule has 9 nitrogen and oxygen atoms in total. The molecule has 0 spiro atoms. The fourth-order valence-corrected chi connectivity index (χ4v) is 3.60. The molecule has 1 amide bonds. The number of rotatable bonds is 3. The van der Waals surface area contributed by atoms with Crippen LogP contribution < -0.4 is 10.6 Å². The first-order valence-electron chi connectivity index (χ1n) is 8.69. The van der Waals surface area contributed by atoms with Crippen LogP contribution in [0, 0.1) is 0 Å². The van der Waals surface area contributed by atoms with Gasteiger partial charge in [0.15, 0.2) is 5.65 Å². The Balaban J connectivity index is 0.00000131. The molecular formula is C16H25Cl2N7O2. The Labute approximate surface area is 170 Å². The van der Waals surface area contributed by atoms with Gasteiger partial charge in [0.05, 0.1) is 17.7 Å². The van der Waals surface area contributed by atoms with Crippen LogP contribution in [0.3, 0.4) is 0 Å². The molecular weight excluding hydrogens is 393 g/mol. The molecule has 0 saturated carbocycles. The smallest absolute Gasteiger partial charge is 0.251 e. The predicted octanol–water partition coefficient (Wildman–Crippen LogP) is 0.362. The number of aromatic nitrogens is 4. The maximum Gasteiger partial charge on any atom is 0.251 e. The van der Waals surface area contributed by atoms with E-state index in [9.17, 15) is 4.79 Å². The minimum absolute atomic E-state index is 0. The molecule has 2 aliphatic heterocycles. The summed E-state index contributed by atoms with van der Waals surface area (Å²) in [4.78, 5) is 25.4. The summed E-state index contributed by atoms with van der Waals surface area (Å²) in [5.41, 5.74) is 6.44. The van der Waals surface area contributed by atoms with Gasteiger partial charge in [0.2, 0.25) is 0 Å². The molecule has 150 valence electrons. The van der Waals surface area contributed by atoms with Gasteiger partial charge < -0.3 is 20.3 Å². The van der Waals surface area contributed by atoms with Gasteiger partial charge >= 0.3 is 0 Å². The standard InChI is InChI=1S/C16H23N7O2.2ClH/c1-21-14-12(9-20-21)15(19-10-18-14)22-4-6-23(7-5-22)16(24)13-3-2-11(8-17)25-13;;/h9-11,13H,2-8,17H2,1H3;2*1H/t11-,13+;;/m1../s1. The largest absolute Gasteiger partial charge is 0.364 e. The minimum atomic E-state index is -0.329. The van der Waals surface area contributed by atoms with Gasteiger partial charge in [0.1, 0.15) is 18.2 Å². The highest BCUT2D eigenvalue weighted by atomic mass is 35.5. The molecule has 2 aliphatic rings. The second-order valence-electron chi connectivity index (χ2n) is 6.57. The number of halogens is 2. The molecule has 27 heavy (non-hydrogen) atoms. The molecule has 0 bridgehead atoms. The summed E-state index contributed by atoms with van der Waals surface area (Å²) < 4.78 is 7.48. The van der Waals surface area contributed by atoms with Crippen molar-refractivity contribution in [3.05, 3.63) is 12.5 Å². The van der Waals surface area contributed by atoms with Gasteiger partial charge in [-0.1, -0.05) is 0 Å². The number of nitrogens with two attached hydrogens (primary N) is 1. The summed E-state index contributed by atoms with van der Waals surface area (Å²) >= 11 is 0. The van der Waals surface area contributed by atoms with Crippen LogP contribution in [-0.2, 0) is 16.6 Å². The number of piperazine rings is 1. The highest BCUT2D eigenvalue weighted by Crippen LogP contribution is 2.25. The number of aryl methyl sites for hydroxylation is 1. The van der Waals surface area contributed by atoms with Crippen molar-refractivity contribution in [1.82, 2.24) is 24.6 Å². The van der Waals surface area contributed by atoms with Crippen LogP contribution in [0.5, 0.6) is 0 Å². The maximum atomic E-state index is 12.6. The van der Waals surface area contributed by atoms with E-state index >= 15 is 0 Å². The molecule has 0 unspecified atom stereocenters. The van der Waals surface area contributed by atoms with E-state index in [4.69, 9.17) is 10.5 Å². The van der Waals surface area contributed by atoms with Crippen molar-refractivity contribution in [3.63, 3.8) is 0 Å². The van der Waals surface area contributed by atoms with E-state index in [1.807, 2.05) is 11.9 Å². The first-order valence-corrected chi connectivity index (χ1v) is 8.69. The van der Waals surface area contributed by atoms with Gasteiger partial charge in [-0.3, -0.25) is 9.48 Å². The third-order valence-electron chi connectivity index (χ3n) is 5.05. The Morgan fingerprint density at radius 3 is 2.63 bits per heavy atom. The SMILES string of the molecule is Cl.Cl.Cn1ncc2c(N3CCN(C(=O)[C@@H]4CC[C@H](CN)O4)CC3)ncnc21. The van der Waals surface area contributed by atoms with E-state index in [0.29, 0.717) is 19.6 Å². The van der Waals surface area contributed by atoms with Gasteiger partial charge in [0, 0.05) is 39.8 Å². The van der Waals surface area contributed by atoms with Crippen molar-refractivity contribution in [2.75, 3.05) is 37.6 Å². The molecule has 4 heterocycles. The normalized spacial score (nSPS) is 22.4. The summed E-state index contributed by atoms with van der Waals surface area (Å²) in [6.07, 6.45) is 4.69. The van der Waals surface area contributed by atoms with E-state index in [0.717, 1.165) is 42.8 Å². The predicted molar refractivity (Wildman–Crippen MR) is 107 cm³/mol. The number of fused-ring (bicyclic) bond motifs is 1. The molecule has 0 radical (unpaired) electrons. The molecule has 2 atom stereocenters. The van der Waals surface area contributed by atoms with Gasteiger partial charge in [-0.25, -0.2) is 9.97 Å². The van der Waals surface area contributed by atoms with Crippen LogP contribution in [0.1, 0.15) is 12.8 Å². The van der Waals surface area contributed by atoms with Crippen molar-refractivity contribution in [2.24, 2.45) is 12.8 Å². The van der Waals surface area contributed by atoms with E-state index in [1.54, 1.807) is 17.2 Å². The van der Waals surface area contributed by atoms with Crippen LogP contribution in [-0.4, -0.2) is 75.5 Å². The highest BCUT2D eigenvalue weighted by molar-refractivity contribution is 5.87. The molecule has 4 rings (SSSR count). The van der Waals surface area contributed by atoms with Crippen molar-refractivity contribution in [1.29, 1.82) is 0 Å². The van der Waals surface area contributed by atoms with E-state index in [-0.39, 0.29) is 42.9 Å². The first kappa shape index (κ1) is 21.6. The lowest BCUT2D eigenvalue weighted by molar-refractivity contribution is -0.143. The van der Waals surface area contributed by atoms with Crippen LogP contribution in [0.4, 0.5) is 5.82 Å². The lowest BCUT2D eigenvalue weighted by Gasteiger charge is -2.36. The van der Waals surface area contributed by atoms with E-state index in [1.165, 1.54) is 0 Å². The molecule has 2 fully saturated rings. The Morgan fingerprint density at radius 2 is 1.96 bits per heavy atom. The second kappa shape index (κ2) is 9.01. The fourth-order valence-electron chi connectivity index (χ4n) is 3.60. The molecule has 0 aromatic carbocycles. The Morgan fingerprint density at radius 1 is 1.22 bits per heavy atom. The average molecular weight is 418 g/mol. The number of ether oxygens (including phenoxy) is 1. The summed E-state index contributed by atoms with van der Waals surface area (Å²) in [5, 5.41) is 5.20. The summed E-state index contributed by atoms with van der Waals surface area (Å²) in [5.74, 6) is 0.968. The van der Waals surface area contributed by atoms with Crippen molar-refractivity contribution < 1.29 is 9.53 Å². The zero-order valence-corrected chi connectivity index (χ0v) is 16.8. The lowest BCUT2D eigenvalue weighted by atomic mass is 10.1. The van der Waals surface area contributed by atoms with E-state index in [2.05, 4.69) is 20.0 Å². The Kier molecular flexibility index (Phi) is 7.21.